The normalized spacial score (nSPS) is 11.1. The molecular formula is C11H14F3N3S. The predicted molar refractivity (Wildman–Crippen MR) is 68.4 cm³/mol. The zero-order chi connectivity index (χ0) is 13.6. The molecule has 0 aliphatic rings. The summed E-state index contributed by atoms with van der Waals surface area (Å²) < 4.78 is 36.8. The fourth-order valence-corrected chi connectivity index (χ4v) is 1.41. The van der Waals surface area contributed by atoms with E-state index in [1.165, 1.54) is 6.07 Å². The number of unbranched alkanes of at least 4 members (excludes halogenated alkanes) is 1. The Labute approximate surface area is 109 Å². The highest BCUT2D eigenvalue weighted by molar-refractivity contribution is 7.80. The zero-order valence-corrected chi connectivity index (χ0v) is 10.7. The number of rotatable bonds is 4. The number of hydrogen-bond acceptors (Lipinski definition) is 2. The topological polar surface area (TPSA) is 37.0 Å². The Morgan fingerprint density at radius 3 is 2.61 bits per heavy atom. The van der Waals surface area contributed by atoms with Crippen LogP contribution in [-0.4, -0.2) is 16.6 Å². The van der Waals surface area contributed by atoms with E-state index >= 15 is 0 Å². The van der Waals surface area contributed by atoms with Gasteiger partial charge in [0.15, 0.2) is 5.11 Å². The first-order valence-electron chi connectivity index (χ1n) is 5.51. The summed E-state index contributed by atoms with van der Waals surface area (Å²) in [4.78, 5) is 3.32. The minimum atomic E-state index is -4.42. The molecule has 18 heavy (non-hydrogen) atoms. The number of alkyl halides is 3. The van der Waals surface area contributed by atoms with Crippen LogP contribution in [0.25, 0.3) is 0 Å². The van der Waals surface area contributed by atoms with Crippen molar-refractivity contribution >= 4 is 23.0 Å². The minimum absolute atomic E-state index is 0.380. The lowest BCUT2D eigenvalue weighted by Crippen LogP contribution is -2.29. The summed E-state index contributed by atoms with van der Waals surface area (Å²) in [7, 11) is 0. The van der Waals surface area contributed by atoms with E-state index in [4.69, 9.17) is 12.2 Å². The van der Waals surface area contributed by atoms with Gasteiger partial charge in [-0.2, -0.15) is 13.2 Å². The summed E-state index contributed by atoms with van der Waals surface area (Å²) in [6.07, 6.45) is -1.29. The summed E-state index contributed by atoms with van der Waals surface area (Å²) in [6, 6.07) is 2.21. The molecule has 0 amide bonds. The second-order valence-corrected chi connectivity index (χ2v) is 4.07. The predicted octanol–water partition coefficient (Wildman–Crippen LogP) is 3.19. The Hall–Kier alpha value is -1.37. The van der Waals surface area contributed by atoms with Crippen LogP contribution in [0.15, 0.2) is 18.3 Å². The average Bonchev–Trinajstić information content (AvgIpc) is 2.29. The molecule has 0 aliphatic heterocycles. The standard InChI is InChI=1S/C11H14F3N3S/c1-2-3-6-15-10(18)17-8-4-5-9(16-7-8)11(12,13)14/h4-5,7H,2-3,6H2,1H3,(H2,15,17,18). The van der Waals surface area contributed by atoms with E-state index in [1.54, 1.807) is 0 Å². The number of hydrogen-bond donors (Lipinski definition) is 2. The number of thiocarbonyl (C=S) groups is 1. The van der Waals surface area contributed by atoms with Gasteiger partial charge in [-0.3, -0.25) is 0 Å². The van der Waals surface area contributed by atoms with E-state index in [9.17, 15) is 13.2 Å². The molecule has 1 aromatic heterocycles. The second-order valence-electron chi connectivity index (χ2n) is 3.66. The van der Waals surface area contributed by atoms with Gasteiger partial charge in [0.2, 0.25) is 0 Å². The summed E-state index contributed by atoms with van der Waals surface area (Å²) >= 11 is 4.98. The van der Waals surface area contributed by atoms with Crippen LogP contribution in [0.5, 0.6) is 0 Å². The highest BCUT2D eigenvalue weighted by Crippen LogP contribution is 2.27. The zero-order valence-electron chi connectivity index (χ0n) is 9.84. The lowest BCUT2D eigenvalue weighted by molar-refractivity contribution is -0.141. The maximum atomic E-state index is 12.3. The van der Waals surface area contributed by atoms with Crippen molar-refractivity contribution in [1.29, 1.82) is 0 Å². The van der Waals surface area contributed by atoms with Crippen molar-refractivity contribution in [3.63, 3.8) is 0 Å². The maximum absolute atomic E-state index is 12.3. The highest BCUT2D eigenvalue weighted by Gasteiger charge is 2.31. The van der Waals surface area contributed by atoms with Gasteiger partial charge >= 0.3 is 6.18 Å². The molecule has 0 atom stereocenters. The monoisotopic (exact) mass is 277 g/mol. The van der Waals surface area contributed by atoms with Crippen molar-refractivity contribution in [1.82, 2.24) is 10.3 Å². The van der Waals surface area contributed by atoms with Gasteiger partial charge in [0.05, 0.1) is 11.9 Å². The van der Waals surface area contributed by atoms with E-state index in [1.807, 2.05) is 0 Å². The SMILES string of the molecule is CCCCNC(=S)Nc1ccc(C(F)(F)F)nc1. The summed E-state index contributed by atoms with van der Waals surface area (Å²) in [5.41, 5.74) is -0.491. The largest absolute Gasteiger partial charge is 0.433 e. The van der Waals surface area contributed by atoms with E-state index in [-0.39, 0.29) is 0 Å². The van der Waals surface area contributed by atoms with Gasteiger partial charge in [-0.05, 0) is 30.8 Å². The van der Waals surface area contributed by atoms with Crippen LogP contribution < -0.4 is 10.6 Å². The van der Waals surface area contributed by atoms with Crippen LogP contribution in [0.2, 0.25) is 0 Å². The molecule has 0 spiro atoms. The van der Waals surface area contributed by atoms with Gasteiger partial charge in [-0.1, -0.05) is 13.3 Å². The van der Waals surface area contributed by atoms with E-state index < -0.39 is 11.9 Å². The second kappa shape index (κ2) is 6.53. The first kappa shape index (κ1) is 14.7. The number of nitrogens with one attached hydrogen (secondary N) is 2. The van der Waals surface area contributed by atoms with Crippen molar-refractivity contribution in [2.45, 2.75) is 25.9 Å². The van der Waals surface area contributed by atoms with Crippen LogP contribution in [0.1, 0.15) is 25.5 Å². The number of anilines is 1. The minimum Gasteiger partial charge on any atom is -0.362 e. The molecule has 7 heteroatoms. The molecule has 100 valence electrons. The molecule has 0 aromatic carbocycles. The lowest BCUT2D eigenvalue weighted by atomic mass is 10.3. The van der Waals surface area contributed by atoms with Gasteiger partial charge < -0.3 is 10.6 Å². The first-order valence-corrected chi connectivity index (χ1v) is 5.92. The molecule has 1 aromatic rings. The summed E-state index contributed by atoms with van der Waals surface area (Å²) in [5.74, 6) is 0. The van der Waals surface area contributed by atoms with Crippen LogP contribution in [0.4, 0.5) is 18.9 Å². The van der Waals surface area contributed by atoms with Crippen LogP contribution in [-0.2, 0) is 6.18 Å². The van der Waals surface area contributed by atoms with E-state index in [2.05, 4.69) is 22.5 Å². The highest BCUT2D eigenvalue weighted by atomic mass is 32.1. The number of halogens is 3. The maximum Gasteiger partial charge on any atom is 0.433 e. The van der Waals surface area contributed by atoms with Gasteiger partial charge in [-0.15, -0.1) is 0 Å². The Balaban J connectivity index is 2.51. The van der Waals surface area contributed by atoms with Crippen LogP contribution in [0.3, 0.4) is 0 Å². The third-order valence-electron chi connectivity index (χ3n) is 2.13. The number of nitrogens with zero attached hydrogens (tertiary/aromatic N) is 1. The van der Waals surface area contributed by atoms with Crippen molar-refractivity contribution in [3.8, 4) is 0 Å². The Morgan fingerprint density at radius 1 is 1.39 bits per heavy atom. The molecule has 0 unspecified atom stereocenters. The molecule has 0 bridgehead atoms. The Kier molecular flexibility index (Phi) is 5.33. The van der Waals surface area contributed by atoms with Gasteiger partial charge in [0.1, 0.15) is 5.69 Å². The van der Waals surface area contributed by atoms with Gasteiger partial charge in [0, 0.05) is 6.54 Å². The molecule has 0 saturated heterocycles. The van der Waals surface area contributed by atoms with Crippen molar-refractivity contribution < 1.29 is 13.2 Å². The number of pyridine rings is 1. The van der Waals surface area contributed by atoms with Crippen molar-refractivity contribution in [2.24, 2.45) is 0 Å². The quantitative estimate of drug-likeness (QED) is 0.654. The Morgan fingerprint density at radius 2 is 2.11 bits per heavy atom. The molecule has 0 fully saturated rings. The Bertz CT molecular complexity index is 390. The molecule has 0 saturated carbocycles. The molecule has 2 N–H and O–H groups in total. The molecule has 0 aliphatic carbocycles. The average molecular weight is 277 g/mol. The third-order valence-corrected chi connectivity index (χ3v) is 2.37. The molecule has 1 rings (SSSR count). The van der Waals surface area contributed by atoms with Crippen LogP contribution in [0, 0.1) is 0 Å². The fourth-order valence-electron chi connectivity index (χ4n) is 1.19. The first-order chi connectivity index (χ1) is 8.43. The van der Waals surface area contributed by atoms with E-state index in [0.29, 0.717) is 10.8 Å². The summed E-state index contributed by atoms with van der Waals surface area (Å²) in [5, 5.41) is 6.10. The molecule has 0 radical (unpaired) electrons. The van der Waals surface area contributed by atoms with Crippen molar-refractivity contribution in [3.05, 3.63) is 24.0 Å². The van der Waals surface area contributed by atoms with Gasteiger partial charge in [0.25, 0.3) is 0 Å². The van der Waals surface area contributed by atoms with E-state index in [0.717, 1.165) is 31.6 Å². The van der Waals surface area contributed by atoms with Crippen LogP contribution >= 0.6 is 12.2 Å². The third kappa shape index (κ3) is 4.87. The molecule has 3 nitrogen and oxygen atoms in total. The molecular weight excluding hydrogens is 263 g/mol. The summed E-state index contributed by atoms with van der Waals surface area (Å²) in [6.45, 7) is 2.79. The lowest BCUT2D eigenvalue weighted by Gasteiger charge is -2.10. The van der Waals surface area contributed by atoms with Crippen molar-refractivity contribution in [2.75, 3.05) is 11.9 Å². The van der Waals surface area contributed by atoms with Gasteiger partial charge in [-0.25, -0.2) is 4.98 Å². The fraction of sp³-hybridized carbons (Fsp3) is 0.455. The smallest absolute Gasteiger partial charge is 0.362 e. The molecule has 1 heterocycles. The number of aromatic nitrogens is 1.